The van der Waals surface area contributed by atoms with Crippen molar-refractivity contribution < 1.29 is 0 Å². The van der Waals surface area contributed by atoms with Crippen molar-refractivity contribution in [2.24, 2.45) is 0 Å². The van der Waals surface area contributed by atoms with Crippen LogP contribution in [0, 0.1) is 0 Å². The molecular formula is C8H8Cl2. The smallest absolute Gasteiger partial charge is 0.0618 e. The Bertz CT molecular complexity index is 221. The van der Waals surface area contributed by atoms with Crippen LogP contribution in [0.2, 0.25) is 0 Å². The van der Waals surface area contributed by atoms with E-state index in [-0.39, 0.29) is 0 Å². The van der Waals surface area contributed by atoms with Gasteiger partial charge in [0.15, 0.2) is 0 Å². The SMILES string of the molecule is CC1=C(Cl)C(Cl)=CCC=C1. The van der Waals surface area contributed by atoms with Gasteiger partial charge in [0.2, 0.25) is 0 Å². The predicted molar refractivity (Wildman–Crippen MR) is 46.2 cm³/mol. The Morgan fingerprint density at radius 3 is 2.80 bits per heavy atom. The topological polar surface area (TPSA) is 0 Å². The van der Waals surface area contributed by atoms with Gasteiger partial charge in [-0.3, -0.25) is 0 Å². The monoisotopic (exact) mass is 174 g/mol. The molecule has 0 aromatic rings. The largest absolute Gasteiger partial charge is 0.0830 e. The third-order valence-corrected chi connectivity index (χ3v) is 2.30. The van der Waals surface area contributed by atoms with E-state index in [2.05, 4.69) is 0 Å². The van der Waals surface area contributed by atoms with E-state index in [1.54, 1.807) is 0 Å². The zero-order valence-corrected chi connectivity index (χ0v) is 7.21. The highest BCUT2D eigenvalue weighted by molar-refractivity contribution is 6.44. The molecule has 0 spiro atoms. The summed E-state index contributed by atoms with van der Waals surface area (Å²) in [5.41, 5.74) is 1.03. The molecule has 0 amide bonds. The van der Waals surface area contributed by atoms with Gasteiger partial charge in [0.25, 0.3) is 0 Å². The normalized spacial score (nSPS) is 18.9. The van der Waals surface area contributed by atoms with Crippen LogP contribution in [0.4, 0.5) is 0 Å². The first-order chi connectivity index (χ1) is 4.72. The van der Waals surface area contributed by atoms with Crippen LogP contribution < -0.4 is 0 Å². The van der Waals surface area contributed by atoms with Gasteiger partial charge in [0.1, 0.15) is 0 Å². The number of allylic oxidation sites excluding steroid dienone is 6. The van der Waals surface area contributed by atoms with Gasteiger partial charge in [0, 0.05) is 0 Å². The molecule has 0 nitrogen and oxygen atoms in total. The van der Waals surface area contributed by atoms with Crippen molar-refractivity contribution in [3.05, 3.63) is 33.9 Å². The lowest BCUT2D eigenvalue weighted by atomic mass is 10.3. The van der Waals surface area contributed by atoms with E-state index >= 15 is 0 Å². The van der Waals surface area contributed by atoms with Crippen LogP contribution in [-0.2, 0) is 0 Å². The van der Waals surface area contributed by atoms with E-state index < -0.39 is 0 Å². The quantitative estimate of drug-likeness (QED) is 0.527. The Labute approximate surface area is 70.8 Å². The molecule has 0 aromatic carbocycles. The minimum absolute atomic E-state index is 0.657. The molecule has 54 valence electrons. The molecule has 0 atom stereocenters. The third-order valence-electron chi connectivity index (χ3n) is 1.36. The highest BCUT2D eigenvalue weighted by Crippen LogP contribution is 2.25. The summed E-state index contributed by atoms with van der Waals surface area (Å²) >= 11 is 11.6. The lowest BCUT2D eigenvalue weighted by Crippen LogP contribution is -1.74. The van der Waals surface area contributed by atoms with Crippen molar-refractivity contribution in [2.75, 3.05) is 0 Å². The summed E-state index contributed by atoms with van der Waals surface area (Å²) in [6.45, 7) is 1.94. The molecule has 0 heterocycles. The lowest BCUT2D eigenvalue weighted by Gasteiger charge is -1.95. The molecule has 1 rings (SSSR count). The highest BCUT2D eigenvalue weighted by atomic mass is 35.5. The van der Waals surface area contributed by atoms with E-state index in [0.717, 1.165) is 12.0 Å². The highest BCUT2D eigenvalue weighted by Gasteiger charge is 2.02. The summed E-state index contributed by atoms with van der Waals surface area (Å²) in [6.07, 6.45) is 6.78. The third kappa shape index (κ3) is 1.65. The van der Waals surface area contributed by atoms with Crippen LogP contribution in [0.25, 0.3) is 0 Å². The number of hydrogen-bond acceptors (Lipinski definition) is 0. The van der Waals surface area contributed by atoms with Crippen LogP contribution in [0.1, 0.15) is 13.3 Å². The maximum atomic E-state index is 5.85. The Kier molecular flexibility index (Phi) is 2.58. The van der Waals surface area contributed by atoms with Crippen LogP contribution in [-0.4, -0.2) is 0 Å². The maximum absolute atomic E-state index is 5.85. The molecule has 0 N–H and O–H groups in total. The predicted octanol–water partition coefficient (Wildman–Crippen LogP) is 3.58. The molecule has 0 radical (unpaired) electrons. The Morgan fingerprint density at radius 2 is 2.10 bits per heavy atom. The van der Waals surface area contributed by atoms with Gasteiger partial charge in [0.05, 0.1) is 10.1 Å². The Hall–Kier alpha value is -0.200. The molecule has 10 heavy (non-hydrogen) atoms. The van der Waals surface area contributed by atoms with Crippen molar-refractivity contribution >= 4 is 23.2 Å². The van der Waals surface area contributed by atoms with Gasteiger partial charge in [-0.2, -0.15) is 0 Å². The van der Waals surface area contributed by atoms with Gasteiger partial charge in [-0.1, -0.05) is 41.4 Å². The summed E-state index contributed by atoms with van der Waals surface area (Å²) in [6, 6.07) is 0. The molecule has 2 heteroatoms. The summed E-state index contributed by atoms with van der Waals surface area (Å²) in [5.74, 6) is 0. The van der Waals surface area contributed by atoms with Crippen molar-refractivity contribution in [1.29, 1.82) is 0 Å². The van der Waals surface area contributed by atoms with Crippen molar-refractivity contribution in [3.8, 4) is 0 Å². The molecule has 0 bridgehead atoms. The first-order valence-corrected chi connectivity index (χ1v) is 3.86. The van der Waals surface area contributed by atoms with Crippen LogP contribution >= 0.6 is 23.2 Å². The average Bonchev–Trinajstić information content (AvgIpc) is 2.04. The zero-order chi connectivity index (χ0) is 7.56. The van der Waals surface area contributed by atoms with E-state index in [1.807, 2.05) is 25.2 Å². The number of halogens is 2. The molecule has 0 aromatic heterocycles. The van der Waals surface area contributed by atoms with Gasteiger partial charge < -0.3 is 0 Å². The summed E-state index contributed by atoms with van der Waals surface area (Å²) in [7, 11) is 0. The lowest BCUT2D eigenvalue weighted by molar-refractivity contribution is 1.39. The fourth-order valence-electron chi connectivity index (χ4n) is 0.767. The molecule has 1 aliphatic rings. The van der Waals surface area contributed by atoms with Crippen molar-refractivity contribution in [3.63, 3.8) is 0 Å². The molecule has 0 fully saturated rings. The second kappa shape index (κ2) is 3.27. The fraction of sp³-hybridized carbons (Fsp3) is 0.250. The summed E-state index contributed by atoms with van der Waals surface area (Å²) in [5, 5.41) is 1.32. The van der Waals surface area contributed by atoms with Crippen LogP contribution in [0.3, 0.4) is 0 Å². The first kappa shape index (κ1) is 7.90. The molecular weight excluding hydrogens is 167 g/mol. The van der Waals surface area contributed by atoms with Gasteiger partial charge in [-0.15, -0.1) is 0 Å². The Morgan fingerprint density at radius 1 is 1.40 bits per heavy atom. The van der Waals surface area contributed by atoms with E-state index in [0.29, 0.717) is 10.1 Å². The average molecular weight is 175 g/mol. The van der Waals surface area contributed by atoms with Gasteiger partial charge >= 0.3 is 0 Å². The summed E-state index contributed by atoms with van der Waals surface area (Å²) in [4.78, 5) is 0. The van der Waals surface area contributed by atoms with Crippen LogP contribution in [0.5, 0.6) is 0 Å². The fourth-order valence-corrected chi connectivity index (χ4v) is 1.15. The molecule has 0 saturated heterocycles. The van der Waals surface area contributed by atoms with Crippen LogP contribution in [0.15, 0.2) is 33.9 Å². The first-order valence-electron chi connectivity index (χ1n) is 3.11. The Balaban J connectivity index is 3.02. The number of rotatable bonds is 0. The molecule has 0 unspecified atom stereocenters. The standard InChI is InChI=1S/C8H8Cl2/c1-6-4-2-3-5-7(9)8(6)10/h2,4-5H,3H2,1H3. The minimum Gasteiger partial charge on any atom is -0.0830 e. The van der Waals surface area contributed by atoms with Crippen molar-refractivity contribution in [2.45, 2.75) is 13.3 Å². The zero-order valence-electron chi connectivity index (χ0n) is 5.70. The second-order valence-electron chi connectivity index (χ2n) is 2.19. The van der Waals surface area contributed by atoms with Gasteiger partial charge in [-0.05, 0) is 18.9 Å². The number of hydrogen-bond donors (Lipinski definition) is 0. The molecule has 0 aliphatic heterocycles. The van der Waals surface area contributed by atoms with E-state index in [1.165, 1.54) is 0 Å². The molecule has 0 saturated carbocycles. The maximum Gasteiger partial charge on any atom is 0.0618 e. The van der Waals surface area contributed by atoms with Gasteiger partial charge in [-0.25, -0.2) is 0 Å². The minimum atomic E-state index is 0.657. The van der Waals surface area contributed by atoms with E-state index in [9.17, 15) is 0 Å². The summed E-state index contributed by atoms with van der Waals surface area (Å²) < 4.78 is 0. The molecule has 1 aliphatic carbocycles. The van der Waals surface area contributed by atoms with Crippen molar-refractivity contribution in [1.82, 2.24) is 0 Å². The van der Waals surface area contributed by atoms with E-state index in [4.69, 9.17) is 23.2 Å². The second-order valence-corrected chi connectivity index (χ2v) is 2.97.